The van der Waals surface area contributed by atoms with E-state index in [0.29, 0.717) is 12.2 Å². The van der Waals surface area contributed by atoms with Gasteiger partial charge in [-0.05, 0) is 31.9 Å². The number of rotatable bonds is 7. The van der Waals surface area contributed by atoms with Crippen LogP contribution in [0.15, 0.2) is 33.8 Å². The smallest absolute Gasteiger partial charge is 0.287 e. The summed E-state index contributed by atoms with van der Waals surface area (Å²) in [6, 6.07) is 3.99. The van der Waals surface area contributed by atoms with E-state index >= 15 is 0 Å². The Balaban J connectivity index is 1.98. The number of anilines is 1. The zero-order valence-electron chi connectivity index (χ0n) is 12.3. The van der Waals surface area contributed by atoms with Gasteiger partial charge in [0.25, 0.3) is 5.56 Å². The molecule has 6 heteroatoms. The van der Waals surface area contributed by atoms with Crippen LogP contribution in [0, 0.1) is 0 Å². The third-order valence-corrected chi connectivity index (χ3v) is 3.59. The molecular weight excluding hydrogens is 290 g/mol. The van der Waals surface area contributed by atoms with Gasteiger partial charge in [-0.1, -0.05) is 18.5 Å². The number of nitrogens with one attached hydrogen (secondary N) is 1. The predicted molar refractivity (Wildman–Crippen MR) is 83.9 cm³/mol. The van der Waals surface area contributed by atoms with Crippen molar-refractivity contribution in [1.82, 2.24) is 9.78 Å². The lowest BCUT2D eigenvalue weighted by molar-refractivity contribution is 0.495. The number of aromatic nitrogens is 2. The van der Waals surface area contributed by atoms with Crippen LogP contribution in [0.2, 0.25) is 5.02 Å². The molecule has 1 atom stereocenters. The zero-order chi connectivity index (χ0) is 15.2. The molecule has 0 spiro atoms. The molecule has 114 valence electrons. The Hall–Kier alpha value is -1.75. The summed E-state index contributed by atoms with van der Waals surface area (Å²) in [4.78, 5) is 12.0. The van der Waals surface area contributed by atoms with Crippen molar-refractivity contribution in [2.24, 2.45) is 0 Å². The number of furan rings is 1. The van der Waals surface area contributed by atoms with Gasteiger partial charge < -0.3 is 9.73 Å². The Morgan fingerprint density at radius 2 is 2.33 bits per heavy atom. The van der Waals surface area contributed by atoms with Gasteiger partial charge in [0.15, 0.2) is 0 Å². The van der Waals surface area contributed by atoms with Crippen molar-refractivity contribution in [3.63, 3.8) is 0 Å². The van der Waals surface area contributed by atoms with Crippen molar-refractivity contribution in [3.05, 3.63) is 45.7 Å². The highest BCUT2D eigenvalue weighted by molar-refractivity contribution is 6.32. The third-order valence-electron chi connectivity index (χ3n) is 3.23. The molecule has 0 aromatic carbocycles. The maximum atomic E-state index is 12.0. The lowest BCUT2D eigenvalue weighted by Gasteiger charge is -2.16. The standard InChI is InChI=1S/C15H20ClN3O2/c1-3-8-19-15(20)14(16)13(10-17-19)18-11(2)6-7-12-5-4-9-21-12/h4-5,9-11,18H,3,6-8H2,1-2H3. The SMILES string of the molecule is CCCn1ncc(NC(C)CCc2ccco2)c(Cl)c1=O. The Morgan fingerprint density at radius 1 is 1.52 bits per heavy atom. The fourth-order valence-corrected chi connectivity index (χ4v) is 2.29. The van der Waals surface area contributed by atoms with Crippen molar-refractivity contribution in [2.75, 3.05) is 5.32 Å². The van der Waals surface area contributed by atoms with Gasteiger partial charge >= 0.3 is 0 Å². The Kier molecular flexibility index (Phi) is 5.44. The molecule has 0 aliphatic carbocycles. The second-order valence-corrected chi connectivity index (χ2v) is 5.44. The van der Waals surface area contributed by atoms with Crippen LogP contribution in [0.3, 0.4) is 0 Å². The van der Waals surface area contributed by atoms with Crippen molar-refractivity contribution < 1.29 is 4.42 Å². The zero-order valence-corrected chi connectivity index (χ0v) is 13.1. The van der Waals surface area contributed by atoms with Gasteiger partial charge in [-0.3, -0.25) is 4.79 Å². The third kappa shape index (κ3) is 4.11. The van der Waals surface area contributed by atoms with Gasteiger partial charge in [-0.25, -0.2) is 4.68 Å². The molecule has 2 aromatic rings. The summed E-state index contributed by atoms with van der Waals surface area (Å²) in [6.45, 7) is 4.61. The molecule has 0 aliphatic heterocycles. The Morgan fingerprint density at radius 3 is 3.00 bits per heavy atom. The van der Waals surface area contributed by atoms with Crippen LogP contribution in [0.4, 0.5) is 5.69 Å². The number of nitrogens with zero attached hydrogens (tertiary/aromatic N) is 2. The van der Waals surface area contributed by atoms with Crippen LogP contribution in [0.25, 0.3) is 0 Å². The number of halogens is 1. The second kappa shape index (κ2) is 7.31. The fraction of sp³-hybridized carbons (Fsp3) is 0.467. The molecule has 1 N–H and O–H groups in total. The maximum Gasteiger partial charge on any atom is 0.287 e. The average Bonchev–Trinajstić information content (AvgIpc) is 2.98. The van der Waals surface area contributed by atoms with Gasteiger partial charge in [0.1, 0.15) is 10.8 Å². The maximum absolute atomic E-state index is 12.0. The molecule has 1 unspecified atom stereocenters. The minimum absolute atomic E-state index is 0.163. The highest BCUT2D eigenvalue weighted by Crippen LogP contribution is 2.18. The van der Waals surface area contributed by atoms with Crippen LogP contribution in [-0.4, -0.2) is 15.8 Å². The molecule has 2 aromatic heterocycles. The quantitative estimate of drug-likeness (QED) is 0.852. The van der Waals surface area contributed by atoms with Crippen LogP contribution in [0.1, 0.15) is 32.4 Å². The normalized spacial score (nSPS) is 12.3. The topological polar surface area (TPSA) is 60.1 Å². The first-order valence-corrected chi connectivity index (χ1v) is 7.54. The molecule has 0 bridgehead atoms. The first-order chi connectivity index (χ1) is 10.1. The van der Waals surface area contributed by atoms with Crippen molar-refractivity contribution in [1.29, 1.82) is 0 Å². The molecule has 0 aliphatic rings. The van der Waals surface area contributed by atoms with Gasteiger partial charge in [0.05, 0.1) is 18.1 Å². The van der Waals surface area contributed by atoms with Crippen molar-refractivity contribution in [3.8, 4) is 0 Å². The van der Waals surface area contributed by atoms with Crippen LogP contribution >= 0.6 is 11.6 Å². The van der Waals surface area contributed by atoms with Gasteiger partial charge in [-0.2, -0.15) is 5.10 Å². The predicted octanol–water partition coefficient (Wildman–Crippen LogP) is 3.33. The number of hydrogen-bond acceptors (Lipinski definition) is 4. The lowest BCUT2D eigenvalue weighted by Crippen LogP contribution is -2.26. The molecule has 21 heavy (non-hydrogen) atoms. The van der Waals surface area contributed by atoms with E-state index in [1.54, 1.807) is 12.5 Å². The van der Waals surface area contributed by atoms with E-state index in [0.717, 1.165) is 25.0 Å². The molecule has 0 saturated carbocycles. The molecular formula is C15H20ClN3O2. The highest BCUT2D eigenvalue weighted by Gasteiger charge is 2.11. The molecule has 0 fully saturated rings. The van der Waals surface area contributed by atoms with Gasteiger partial charge in [-0.15, -0.1) is 0 Å². The summed E-state index contributed by atoms with van der Waals surface area (Å²) >= 11 is 6.12. The fourth-order valence-electron chi connectivity index (χ4n) is 2.09. The van der Waals surface area contributed by atoms with Crippen molar-refractivity contribution in [2.45, 2.75) is 45.7 Å². The minimum atomic E-state index is -0.248. The van der Waals surface area contributed by atoms with E-state index in [9.17, 15) is 4.79 Å². The average molecular weight is 310 g/mol. The lowest BCUT2D eigenvalue weighted by atomic mass is 10.1. The van der Waals surface area contributed by atoms with Crippen LogP contribution < -0.4 is 10.9 Å². The van der Waals surface area contributed by atoms with E-state index < -0.39 is 0 Å². The highest BCUT2D eigenvalue weighted by atomic mass is 35.5. The van der Waals surface area contributed by atoms with E-state index in [-0.39, 0.29) is 16.6 Å². The van der Waals surface area contributed by atoms with E-state index in [1.165, 1.54) is 4.68 Å². The monoisotopic (exact) mass is 309 g/mol. The number of aryl methyl sites for hydroxylation is 2. The second-order valence-electron chi connectivity index (χ2n) is 5.06. The summed E-state index contributed by atoms with van der Waals surface area (Å²) < 4.78 is 6.69. The molecule has 2 heterocycles. The van der Waals surface area contributed by atoms with E-state index in [1.807, 2.05) is 26.0 Å². The first kappa shape index (κ1) is 15.6. The molecule has 0 saturated heterocycles. The summed E-state index contributed by atoms with van der Waals surface area (Å²) in [5.41, 5.74) is 0.336. The Bertz CT molecular complexity index is 622. The van der Waals surface area contributed by atoms with Crippen LogP contribution in [0.5, 0.6) is 0 Å². The van der Waals surface area contributed by atoms with Crippen LogP contribution in [-0.2, 0) is 13.0 Å². The minimum Gasteiger partial charge on any atom is -0.469 e. The summed E-state index contributed by atoms with van der Waals surface area (Å²) in [5, 5.41) is 7.56. The first-order valence-electron chi connectivity index (χ1n) is 7.16. The van der Waals surface area contributed by atoms with Gasteiger partial charge in [0.2, 0.25) is 0 Å². The summed E-state index contributed by atoms with van der Waals surface area (Å²) in [5.74, 6) is 0.950. The molecule has 0 radical (unpaired) electrons. The Labute approximate surface area is 128 Å². The molecule has 5 nitrogen and oxygen atoms in total. The van der Waals surface area contributed by atoms with E-state index in [2.05, 4.69) is 10.4 Å². The van der Waals surface area contributed by atoms with Gasteiger partial charge in [0, 0.05) is 19.0 Å². The molecule has 0 amide bonds. The molecule has 2 rings (SSSR count). The van der Waals surface area contributed by atoms with Crippen molar-refractivity contribution >= 4 is 17.3 Å². The summed E-state index contributed by atoms with van der Waals surface area (Å²) in [6.07, 6.45) is 5.83. The summed E-state index contributed by atoms with van der Waals surface area (Å²) in [7, 11) is 0. The van der Waals surface area contributed by atoms with E-state index in [4.69, 9.17) is 16.0 Å². The largest absolute Gasteiger partial charge is 0.469 e. The number of hydrogen-bond donors (Lipinski definition) is 1.